The number of benzene rings is 1. The highest BCUT2D eigenvalue weighted by atomic mass is 35.5. The molecule has 1 aromatic heterocycles. The van der Waals surface area contributed by atoms with Crippen LogP contribution in [0.3, 0.4) is 0 Å². The molecule has 0 atom stereocenters. The van der Waals surface area contributed by atoms with Gasteiger partial charge in [-0.15, -0.1) is 0 Å². The Balaban J connectivity index is 1.77. The van der Waals surface area contributed by atoms with Crippen LogP contribution in [-0.4, -0.2) is 35.9 Å². The van der Waals surface area contributed by atoms with Gasteiger partial charge in [0.1, 0.15) is 5.69 Å². The second-order valence-corrected chi connectivity index (χ2v) is 6.23. The van der Waals surface area contributed by atoms with Gasteiger partial charge >= 0.3 is 5.97 Å². The number of nitrogens with zero attached hydrogens (tertiary/aromatic N) is 1. The van der Waals surface area contributed by atoms with E-state index < -0.39 is 11.9 Å². The van der Waals surface area contributed by atoms with Gasteiger partial charge in [-0.2, -0.15) is 0 Å². The summed E-state index contributed by atoms with van der Waals surface area (Å²) in [5.41, 5.74) is 0.909. The molecule has 0 radical (unpaired) electrons. The summed E-state index contributed by atoms with van der Waals surface area (Å²) < 4.78 is 4.65. The Bertz CT molecular complexity index is 880. The molecule has 7 nitrogen and oxygen atoms in total. The van der Waals surface area contributed by atoms with Gasteiger partial charge < -0.3 is 15.4 Å². The molecular weight excluding hydrogens is 358 g/mol. The highest BCUT2D eigenvalue weighted by Gasteiger charge is 2.24. The first-order valence-corrected chi connectivity index (χ1v) is 8.32. The minimum atomic E-state index is -0.547. The van der Waals surface area contributed by atoms with Crippen LogP contribution in [0.15, 0.2) is 36.5 Å². The second-order valence-electron chi connectivity index (χ2n) is 5.82. The predicted octanol–water partition coefficient (Wildman–Crippen LogP) is 2.67. The lowest BCUT2D eigenvalue weighted by atomic mass is 10.2. The number of hydrogen-bond acceptors (Lipinski definition) is 5. The number of carbonyl (C=O) groups excluding carboxylic acids is 3. The van der Waals surface area contributed by atoms with E-state index in [9.17, 15) is 14.4 Å². The van der Waals surface area contributed by atoms with Crippen molar-refractivity contribution in [2.75, 3.05) is 12.4 Å². The average Bonchev–Trinajstić information content (AvgIpc) is 3.46. The first kappa shape index (κ1) is 17.9. The predicted molar refractivity (Wildman–Crippen MR) is 95.5 cm³/mol. The van der Waals surface area contributed by atoms with Crippen molar-refractivity contribution in [1.29, 1.82) is 0 Å². The molecule has 8 heteroatoms. The maximum atomic E-state index is 12.4. The summed E-state index contributed by atoms with van der Waals surface area (Å²) in [7, 11) is 1.26. The molecule has 3 rings (SSSR count). The summed E-state index contributed by atoms with van der Waals surface area (Å²) in [5, 5.41) is 5.70. The molecule has 1 aliphatic rings. The third-order valence-electron chi connectivity index (χ3n) is 3.80. The SMILES string of the molecule is COC(=O)c1ccc(Cl)c(NC(=O)c2cc(C(=O)NC3CC3)ccn2)c1. The highest BCUT2D eigenvalue weighted by molar-refractivity contribution is 6.34. The fourth-order valence-electron chi connectivity index (χ4n) is 2.24. The Morgan fingerprint density at radius 1 is 1.12 bits per heavy atom. The van der Waals surface area contributed by atoms with E-state index in [1.165, 1.54) is 37.6 Å². The maximum Gasteiger partial charge on any atom is 0.337 e. The molecule has 1 aromatic carbocycles. The van der Waals surface area contributed by atoms with Crippen LogP contribution in [-0.2, 0) is 4.74 Å². The van der Waals surface area contributed by atoms with E-state index in [0.717, 1.165) is 12.8 Å². The average molecular weight is 374 g/mol. The summed E-state index contributed by atoms with van der Waals surface area (Å²) in [4.78, 5) is 40.1. The summed E-state index contributed by atoms with van der Waals surface area (Å²) in [6.45, 7) is 0. The first-order valence-electron chi connectivity index (χ1n) is 7.94. The fraction of sp³-hybridized carbons (Fsp3) is 0.222. The van der Waals surface area contributed by atoms with Crippen LogP contribution < -0.4 is 10.6 Å². The zero-order valence-electron chi connectivity index (χ0n) is 13.9. The largest absolute Gasteiger partial charge is 0.465 e. The van der Waals surface area contributed by atoms with E-state index in [1.807, 2.05) is 0 Å². The summed E-state index contributed by atoms with van der Waals surface area (Å²) in [5.74, 6) is -1.33. The third kappa shape index (κ3) is 4.18. The van der Waals surface area contributed by atoms with Gasteiger partial charge in [-0.25, -0.2) is 4.79 Å². The van der Waals surface area contributed by atoms with Crippen LogP contribution in [0, 0.1) is 0 Å². The molecule has 0 spiro atoms. The van der Waals surface area contributed by atoms with Gasteiger partial charge in [-0.3, -0.25) is 14.6 Å². The van der Waals surface area contributed by atoms with Crippen molar-refractivity contribution in [2.45, 2.75) is 18.9 Å². The van der Waals surface area contributed by atoms with E-state index in [2.05, 4.69) is 20.4 Å². The van der Waals surface area contributed by atoms with Gasteiger partial charge in [0.25, 0.3) is 11.8 Å². The molecule has 0 saturated heterocycles. The molecule has 0 aliphatic heterocycles. The quantitative estimate of drug-likeness (QED) is 0.785. The number of carbonyl (C=O) groups is 3. The van der Waals surface area contributed by atoms with Crippen LogP contribution in [0.2, 0.25) is 5.02 Å². The van der Waals surface area contributed by atoms with Gasteiger partial charge in [-0.05, 0) is 43.2 Å². The number of methoxy groups -OCH3 is 1. The Morgan fingerprint density at radius 2 is 1.88 bits per heavy atom. The zero-order chi connectivity index (χ0) is 18.7. The molecule has 134 valence electrons. The summed E-state index contributed by atoms with van der Waals surface area (Å²) >= 11 is 6.07. The minimum Gasteiger partial charge on any atom is -0.465 e. The van der Waals surface area contributed by atoms with Gasteiger partial charge in [0.05, 0.1) is 23.4 Å². The molecular formula is C18H16ClN3O4. The number of amides is 2. The lowest BCUT2D eigenvalue weighted by molar-refractivity contribution is 0.0600. The van der Waals surface area contributed by atoms with E-state index in [4.69, 9.17) is 11.6 Å². The van der Waals surface area contributed by atoms with Crippen LogP contribution in [0.1, 0.15) is 44.0 Å². The molecule has 2 aromatic rings. The second kappa shape index (κ2) is 7.53. The molecule has 2 amide bonds. The maximum absolute atomic E-state index is 12.4. The lowest BCUT2D eigenvalue weighted by Gasteiger charge is -2.09. The van der Waals surface area contributed by atoms with E-state index in [0.29, 0.717) is 5.56 Å². The standard InChI is InChI=1S/C18H16ClN3O4/c1-26-18(25)11-2-5-13(19)14(9-11)22-17(24)15-8-10(6-7-20-15)16(23)21-12-3-4-12/h2,5-9,12H,3-4H2,1H3,(H,21,23)(H,22,24). The molecule has 1 fully saturated rings. The number of halogens is 1. The van der Waals surface area contributed by atoms with Crippen LogP contribution in [0.4, 0.5) is 5.69 Å². The highest BCUT2D eigenvalue weighted by Crippen LogP contribution is 2.24. The topological polar surface area (TPSA) is 97.4 Å². The Labute approximate surface area is 154 Å². The Hall–Kier alpha value is -2.93. The number of hydrogen-bond donors (Lipinski definition) is 2. The van der Waals surface area contributed by atoms with E-state index in [-0.39, 0.29) is 33.9 Å². The number of ether oxygens (including phenoxy) is 1. The monoisotopic (exact) mass is 373 g/mol. The summed E-state index contributed by atoms with van der Waals surface area (Å²) in [6, 6.07) is 7.55. The van der Waals surface area contributed by atoms with Crippen LogP contribution in [0.5, 0.6) is 0 Å². The summed E-state index contributed by atoms with van der Waals surface area (Å²) in [6.07, 6.45) is 3.33. The molecule has 26 heavy (non-hydrogen) atoms. The zero-order valence-corrected chi connectivity index (χ0v) is 14.7. The van der Waals surface area contributed by atoms with Gasteiger partial charge in [0, 0.05) is 17.8 Å². The van der Waals surface area contributed by atoms with Crippen LogP contribution in [0.25, 0.3) is 0 Å². The van der Waals surface area contributed by atoms with Crippen molar-refractivity contribution in [3.05, 3.63) is 58.4 Å². The number of esters is 1. The number of aromatic nitrogens is 1. The Morgan fingerprint density at radius 3 is 2.58 bits per heavy atom. The van der Waals surface area contributed by atoms with Gasteiger partial charge in [-0.1, -0.05) is 11.6 Å². The molecule has 1 heterocycles. The van der Waals surface area contributed by atoms with Gasteiger partial charge in [0.15, 0.2) is 0 Å². The van der Waals surface area contributed by atoms with E-state index >= 15 is 0 Å². The molecule has 2 N–H and O–H groups in total. The lowest BCUT2D eigenvalue weighted by Crippen LogP contribution is -2.26. The normalized spacial score (nSPS) is 13.0. The number of pyridine rings is 1. The molecule has 1 aliphatic carbocycles. The van der Waals surface area contributed by atoms with Crippen molar-refractivity contribution in [3.63, 3.8) is 0 Å². The van der Waals surface area contributed by atoms with Crippen molar-refractivity contribution in [3.8, 4) is 0 Å². The van der Waals surface area contributed by atoms with Crippen LogP contribution >= 0.6 is 11.6 Å². The van der Waals surface area contributed by atoms with Gasteiger partial charge in [0.2, 0.25) is 0 Å². The fourth-order valence-corrected chi connectivity index (χ4v) is 2.41. The van der Waals surface area contributed by atoms with Crippen molar-refractivity contribution in [2.24, 2.45) is 0 Å². The number of nitrogens with one attached hydrogen (secondary N) is 2. The minimum absolute atomic E-state index is 0.0629. The van der Waals surface area contributed by atoms with Crippen molar-refractivity contribution >= 4 is 35.1 Å². The molecule has 1 saturated carbocycles. The van der Waals surface area contributed by atoms with Crippen molar-refractivity contribution < 1.29 is 19.1 Å². The smallest absolute Gasteiger partial charge is 0.337 e. The number of rotatable bonds is 5. The first-order chi connectivity index (χ1) is 12.5. The molecule has 0 unspecified atom stereocenters. The Kier molecular flexibility index (Phi) is 5.18. The number of anilines is 1. The van der Waals surface area contributed by atoms with Crippen molar-refractivity contribution in [1.82, 2.24) is 10.3 Å². The van der Waals surface area contributed by atoms with E-state index in [1.54, 1.807) is 6.07 Å². The third-order valence-corrected chi connectivity index (χ3v) is 4.13. The molecule has 0 bridgehead atoms.